The Morgan fingerprint density at radius 3 is 2.91 bits per heavy atom. The first kappa shape index (κ1) is 9.86. The number of nitrogens with two attached hydrogens (primary N) is 1. The Hall–Kier alpha value is -1.14. The quantitative estimate of drug-likeness (QED) is 0.652. The number of hydrogen-bond acceptors (Lipinski definition) is 2. The topological polar surface area (TPSA) is 54.7 Å². The van der Waals surface area contributed by atoms with Crippen LogP contribution in [0.5, 0.6) is 0 Å². The molecule has 0 amide bonds. The van der Waals surface area contributed by atoms with Gasteiger partial charge >= 0.3 is 0 Å². The molecule has 1 aromatic heterocycles. The number of aryl methyl sites for hydroxylation is 1. The normalized spacial score (nSPS) is 8.27. The lowest BCUT2D eigenvalue weighted by Crippen LogP contribution is -1.87. The lowest BCUT2D eigenvalue weighted by molar-refractivity contribution is 0.982. The van der Waals surface area contributed by atoms with E-state index in [0.717, 1.165) is 12.1 Å². The van der Waals surface area contributed by atoms with E-state index in [0.29, 0.717) is 12.4 Å². The lowest BCUT2D eigenvalue weighted by Gasteiger charge is -1.85. The second-order valence-electron chi connectivity index (χ2n) is 1.98. The highest BCUT2D eigenvalue weighted by molar-refractivity contribution is 5.85. The van der Waals surface area contributed by atoms with Gasteiger partial charge in [-0.3, -0.25) is 0 Å². The molecule has 60 valence electrons. The number of terminal acetylenes is 1. The molecule has 0 bridgehead atoms. The molecule has 0 aliphatic rings. The number of halogens is 1. The molecule has 3 nitrogen and oxygen atoms in total. The van der Waals surface area contributed by atoms with Gasteiger partial charge in [0.1, 0.15) is 0 Å². The molecule has 0 radical (unpaired) electrons. The minimum Gasteiger partial charge on any atom is -0.369 e. The fraction of sp³-hybridized carbons (Fsp3) is 0.286. The number of aromatic amines is 1. The van der Waals surface area contributed by atoms with Crippen LogP contribution < -0.4 is 5.73 Å². The largest absolute Gasteiger partial charge is 0.369 e. The van der Waals surface area contributed by atoms with Crippen LogP contribution in [0.1, 0.15) is 12.1 Å². The molecule has 0 unspecified atom stereocenters. The van der Waals surface area contributed by atoms with Crippen molar-refractivity contribution >= 4 is 18.4 Å². The summed E-state index contributed by atoms with van der Waals surface area (Å²) in [6.07, 6.45) is 8.34. The summed E-state index contributed by atoms with van der Waals surface area (Å²) in [5.41, 5.74) is 6.26. The summed E-state index contributed by atoms with van der Waals surface area (Å²) in [7, 11) is 0. The Labute approximate surface area is 71.8 Å². The lowest BCUT2D eigenvalue weighted by atomic mass is 10.3. The molecule has 0 saturated heterocycles. The number of nitrogens with one attached hydrogen (secondary N) is 1. The molecule has 11 heavy (non-hydrogen) atoms. The summed E-state index contributed by atoms with van der Waals surface area (Å²) < 4.78 is 0. The van der Waals surface area contributed by atoms with E-state index in [9.17, 15) is 0 Å². The predicted octanol–water partition coefficient (Wildman–Crippen LogP) is 0.979. The van der Waals surface area contributed by atoms with Crippen LogP contribution in [-0.4, -0.2) is 9.97 Å². The van der Waals surface area contributed by atoms with Gasteiger partial charge in [-0.1, -0.05) is 0 Å². The van der Waals surface area contributed by atoms with E-state index in [-0.39, 0.29) is 12.4 Å². The zero-order chi connectivity index (χ0) is 7.40. The van der Waals surface area contributed by atoms with E-state index in [1.54, 1.807) is 6.20 Å². The number of hydrogen-bond donors (Lipinski definition) is 2. The van der Waals surface area contributed by atoms with Crippen molar-refractivity contribution in [1.29, 1.82) is 0 Å². The molecule has 0 aliphatic carbocycles. The number of H-pyrrole nitrogens is 1. The van der Waals surface area contributed by atoms with Crippen LogP contribution in [0.15, 0.2) is 6.20 Å². The monoisotopic (exact) mass is 171 g/mol. The second kappa shape index (κ2) is 4.64. The Morgan fingerprint density at radius 1 is 1.73 bits per heavy atom. The predicted molar refractivity (Wildman–Crippen MR) is 47.4 cm³/mol. The van der Waals surface area contributed by atoms with Crippen molar-refractivity contribution in [3.8, 4) is 12.3 Å². The summed E-state index contributed by atoms with van der Waals surface area (Å²) in [6.45, 7) is 0. The van der Waals surface area contributed by atoms with Crippen LogP contribution in [0.2, 0.25) is 0 Å². The third-order valence-corrected chi connectivity index (χ3v) is 1.18. The zero-order valence-corrected chi connectivity index (χ0v) is 6.82. The molecule has 1 rings (SSSR count). The molecule has 0 aromatic carbocycles. The molecule has 4 heteroatoms. The Bertz CT molecular complexity index is 248. The number of anilines is 1. The van der Waals surface area contributed by atoms with Crippen molar-refractivity contribution < 1.29 is 0 Å². The molecule has 0 aliphatic heterocycles. The number of imidazole rings is 1. The fourth-order valence-electron chi connectivity index (χ4n) is 0.705. The van der Waals surface area contributed by atoms with Crippen molar-refractivity contribution in [2.45, 2.75) is 12.8 Å². The highest BCUT2D eigenvalue weighted by atomic mass is 35.5. The molecular weight excluding hydrogens is 162 g/mol. The minimum absolute atomic E-state index is 0. The molecule has 0 atom stereocenters. The number of nitrogens with zero attached hydrogens (tertiary/aromatic N) is 1. The van der Waals surface area contributed by atoms with Crippen LogP contribution in [0.4, 0.5) is 5.95 Å². The fourth-order valence-corrected chi connectivity index (χ4v) is 0.705. The maximum Gasteiger partial charge on any atom is 0.197 e. The van der Waals surface area contributed by atoms with E-state index in [1.807, 2.05) is 0 Å². The van der Waals surface area contributed by atoms with Crippen molar-refractivity contribution in [3.63, 3.8) is 0 Å². The van der Waals surface area contributed by atoms with E-state index in [2.05, 4.69) is 15.9 Å². The molecule has 0 fully saturated rings. The summed E-state index contributed by atoms with van der Waals surface area (Å²) in [6, 6.07) is 0. The average molecular weight is 172 g/mol. The molecule has 1 aromatic rings. The van der Waals surface area contributed by atoms with E-state index in [4.69, 9.17) is 12.2 Å². The van der Waals surface area contributed by atoms with Gasteiger partial charge in [-0.15, -0.1) is 24.8 Å². The second-order valence-corrected chi connectivity index (χ2v) is 1.98. The standard InChI is InChI=1S/C7H9N3.ClH/c1-2-3-4-6-5-9-7(8)10-6;/h1,5H,3-4H2,(H3,8,9,10);1H. The maximum absolute atomic E-state index is 5.33. The Morgan fingerprint density at radius 2 is 2.45 bits per heavy atom. The maximum atomic E-state index is 5.33. The Kier molecular flexibility index (Phi) is 4.16. The van der Waals surface area contributed by atoms with Gasteiger partial charge < -0.3 is 10.7 Å². The number of rotatable bonds is 2. The summed E-state index contributed by atoms with van der Waals surface area (Å²) in [5, 5.41) is 0. The number of aromatic nitrogens is 2. The minimum atomic E-state index is 0. The van der Waals surface area contributed by atoms with Gasteiger partial charge in [0.15, 0.2) is 5.95 Å². The van der Waals surface area contributed by atoms with Crippen molar-refractivity contribution in [1.82, 2.24) is 9.97 Å². The van der Waals surface area contributed by atoms with Crippen LogP contribution in [0, 0.1) is 12.3 Å². The van der Waals surface area contributed by atoms with E-state index < -0.39 is 0 Å². The SMILES string of the molecule is C#CCCc1c[nH]c(N)n1.Cl. The van der Waals surface area contributed by atoms with Crippen molar-refractivity contribution in [3.05, 3.63) is 11.9 Å². The first-order valence-corrected chi connectivity index (χ1v) is 3.06. The third-order valence-electron chi connectivity index (χ3n) is 1.18. The highest BCUT2D eigenvalue weighted by Crippen LogP contribution is 1.99. The molecule has 1 heterocycles. The first-order valence-electron chi connectivity index (χ1n) is 3.06. The summed E-state index contributed by atoms with van der Waals surface area (Å²) in [4.78, 5) is 6.75. The highest BCUT2D eigenvalue weighted by Gasteiger charge is 1.94. The first-order chi connectivity index (χ1) is 4.83. The van der Waals surface area contributed by atoms with Crippen molar-refractivity contribution in [2.24, 2.45) is 0 Å². The van der Waals surface area contributed by atoms with E-state index in [1.165, 1.54) is 0 Å². The average Bonchev–Trinajstić information content (AvgIpc) is 2.31. The smallest absolute Gasteiger partial charge is 0.197 e. The molecule has 0 saturated carbocycles. The van der Waals surface area contributed by atoms with Gasteiger partial charge in [-0.2, -0.15) is 0 Å². The summed E-state index contributed by atoms with van der Waals surface area (Å²) >= 11 is 0. The van der Waals surface area contributed by atoms with Crippen LogP contribution in [-0.2, 0) is 6.42 Å². The summed E-state index contributed by atoms with van der Waals surface area (Å²) in [5.74, 6) is 2.98. The molecular formula is C7H10ClN3. The van der Waals surface area contributed by atoms with Gasteiger partial charge in [0.25, 0.3) is 0 Å². The Balaban J connectivity index is 0.000001000. The van der Waals surface area contributed by atoms with Crippen LogP contribution in [0.3, 0.4) is 0 Å². The van der Waals surface area contributed by atoms with Crippen LogP contribution in [0.25, 0.3) is 0 Å². The van der Waals surface area contributed by atoms with Gasteiger partial charge in [-0.25, -0.2) is 4.98 Å². The van der Waals surface area contributed by atoms with Gasteiger partial charge in [-0.05, 0) is 0 Å². The van der Waals surface area contributed by atoms with E-state index >= 15 is 0 Å². The van der Waals surface area contributed by atoms with Gasteiger partial charge in [0, 0.05) is 19.0 Å². The van der Waals surface area contributed by atoms with Crippen molar-refractivity contribution in [2.75, 3.05) is 5.73 Å². The molecule has 0 spiro atoms. The zero-order valence-electron chi connectivity index (χ0n) is 6.00. The third kappa shape index (κ3) is 2.96. The number of nitrogen functional groups attached to an aromatic ring is 1. The van der Waals surface area contributed by atoms with Crippen LogP contribution >= 0.6 is 12.4 Å². The van der Waals surface area contributed by atoms with Gasteiger partial charge in [0.2, 0.25) is 0 Å². The van der Waals surface area contributed by atoms with Gasteiger partial charge in [0.05, 0.1) is 5.69 Å². The molecule has 3 N–H and O–H groups in total.